The predicted octanol–water partition coefficient (Wildman–Crippen LogP) is 4.12. The number of unbranched alkanes of at least 4 members (excludes halogenated alkanes) is 1. The molecule has 1 amide bonds. The molecule has 33 heavy (non-hydrogen) atoms. The Morgan fingerprint density at radius 3 is 2.36 bits per heavy atom. The van der Waals surface area contributed by atoms with Crippen molar-refractivity contribution in [3.8, 4) is 11.5 Å². The van der Waals surface area contributed by atoms with Crippen molar-refractivity contribution in [2.45, 2.75) is 57.6 Å². The fourth-order valence-electron chi connectivity index (χ4n) is 4.17. The van der Waals surface area contributed by atoms with E-state index in [2.05, 4.69) is 29.3 Å². The molecule has 2 aromatic carbocycles. The Hall–Kier alpha value is -2.57. The zero-order chi connectivity index (χ0) is 23.5. The molecule has 0 radical (unpaired) electrons. The molecule has 2 N–H and O–H groups in total. The van der Waals surface area contributed by atoms with Gasteiger partial charge >= 0.3 is 0 Å². The van der Waals surface area contributed by atoms with Crippen molar-refractivity contribution >= 4 is 5.91 Å². The van der Waals surface area contributed by atoms with Gasteiger partial charge in [-0.2, -0.15) is 0 Å². The lowest BCUT2D eigenvalue weighted by atomic mass is 9.98. The van der Waals surface area contributed by atoms with Gasteiger partial charge in [0.2, 0.25) is 5.91 Å². The van der Waals surface area contributed by atoms with Gasteiger partial charge in [0, 0.05) is 6.54 Å². The number of methoxy groups -OCH3 is 1. The Morgan fingerprint density at radius 1 is 1.06 bits per heavy atom. The summed E-state index contributed by atoms with van der Waals surface area (Å²) in [6, 6.07) is 15.1. The highest BCUT2D eigenvalue weighted by atomic mass is 16.5. The van der Waals surface area contributed by atoms with Gasteiger partial charge in [-0.1, -0.05) is 37.6 Å². The Balaban J connectivity index is 1.56. The topological polar surface area (TPSA) is 71.0 Å². The summed E-state index contributed by atoms with van der Waals surface area (Å²) in [5, 5.41) is 14.2. The number of likely N-dealkylation sites (tertiary alicyclic amines) is 1. The minimum Gasteiger partial charge on any atom is -0.497 e. The fourth-order valence-corrected chi connectivity index (χ4v) is 4.17. The van der Waals surface area contributed by atoms with Crippen LogP contribution in [0.5, 0.6) is 11.5 Å². The van der Waals surface area contributed by atoms with Crippen LogP contribution in [0.2, 0.25) is 0 Å². The van der Waals surface area contributed by atoms with E-state index in [4.69, 9.17) is 9.47 Å². The molecule has 3 rings (SSSR count). The van der Waals surface area contributed by atoms with Crippen molar-refractivity contribution < 1.29 is 19.4 Å². The average Bonchev–Trinajstić information content (AvgIpc) is 3.36. The van der Waals surface area contributed by atoms with Crippen LogP contribution in [0.3, 0.4) is 0 Å². The van der Waals surface area contributed by atoms with Gasteiger partial charge in [0.25, 0.3) is 0 Å². The van der Waals surface area contributed by atoms with Crippen LogP contribution in [-0.4, -0.2) is 55.3 Å². The first-order valence-corrected chi connectivity index (χ1v) is 12.1. The molecule has 1 fully saturated rings. The number of aliphatic hydroxyl groups is 1. The van der Waals surface area contributed by atoms with Gasteiger partial charge in [0.1, 0.15) is 17.6 Å². The van der Waals surface area contributed by atoms with Crippen molar-refractivity contribution in [3.05, 3.63) is 59.7 Å². The molecule has 6 nitrogen and oxygen atoms in total. The predicted molar refractivity (Wildman–Crippen MR) is 131 cm³/mol. The van der Waals surface area contributed by atoms with Crippen LogP contribution in [-0.2, 0) is 11.2 Å². The molecule has 1 saturated heterocycles. The second kappa shape index (κ2) is 13.2. The number of hydrogen-bond donors (Lipinski definition) is 2. The number of benzene rings is 2. The summed E-state index contributed by atoms with van der Waals surface area (Å²) >= 11 is 0. The van der Waals surface area contributed by atoms with Gasteiger partial charge in [-0.25, -0.2) is 0 Å². The molecule has 0 spiro atoms. The first kappa shape index (κ1) is 25.1. The van der Waals surface area contributed by atoms with Crippen LogP contribution in [0.15, 0.2) is 48.5 Å². The van der Waals surface area contributed by atoms with E-state index in [0.29, 0.717) is 12.3 Å². The van der Waals surface area contributed by atoms with Crippen LogP contribution in [0, 0.1) is 0 Å². The Bertz CT molecular complexity index is 832. The van der Waals surface area contributed by atoms with Crippen LogP contribution >= 0.6 is 0 Å². The van der Waals surface area contributed by atoms with Crippen molar-refractivity contribution in [3.63, 3.8) is 0 Å². The maximum atomic E-state index is 12.7. The number of aliphatic hydroxyl groups excluding tert-OH is 1. The summed E-state index contributed by atoms with van der Waals surface area (Å²) < 4.78 is 10.8. The van der Waals surface area contributed by atoms with Crippen molar-refractivity contribution in [2.75, 3.05) is 33.4 Å². The number of nitrogens with one attached hydrogen (secondary N) is 1. The van der Waals surface area contributed by atoms with E-state index in [-0.39, 0.29) is 25.0 Å². The highest BCUT2D eigenvalue weighted by Crippen LogP contribution is 2.21. The molecular formula is C27H38N2O4. The number of aryl methyl sites for hydroxylation is 1. The van der Waals surface area contributed by atoms with Crippen molar-refractivity contribution in [1.82, 2.24) is 10.2 Å². The van der Waals surface area contributed by atoms with Gasteiger partial charge < -0.3 is 24.8 Å². The van der Waals surface area contributed by atoms with E-state index in [0.717, 1.165) is 43.7 Å². The third kappa shape index (κ3) is 8.06. The standard InChI is InChI=1S/C27H38N2O4/c1-3-4-7-21-8-10-22(11-9-21)27(31)25(20-29-17-5-6-18-29)28-26(30)16-19-33-24-14-12-23(32-2)13-15-24/h8-15,25,27,31H,3-7,16-20H2,1-2H3,(H,28,30)/t25-,27+/m0/s1. The molecular weight excluding hydrogens is 416 g/mol. The third-order valence-electron chi connectivity index (χ3n) is 6.18. The van der Waals surface area contributed by atoms with Gasteiger partial charge in [-0.05, 0) is 74.2 Å². The monoisotopic (exact) mass is 454 g/mol. The number of amides is 1. The highest BCUT2D eigenvalue weighted by molar-refractivity contribution is 5.76. The van der Waals surface area contributed by atoms with E-state index in [1.807, 2.05) is 36.4 Å². The number of carbonyl (C=O) groups is 1. The quantitative estimate of drug-likeness (QED) is 0.476. The summed E-state index contributed by atoms with van der Waals surface area (Å²) in [6.45, 7) is 5.12. The summed E-state index contributed by atoms with van der Waals surface area (Å²) in [4.78, 5) is 15.0. The molecule has 0 saturated carbocycles. The summed E-state index contributed by atoms with van der Waals surface area (Å²) in [5.74, 6) is 1.34. The zero-order valence-electron chi connectivity index (χ0n) is 20.0. The summed E-state index contributed by atoms with van der Waals surface area (Å²) in [7, 11) is 1.62. The number of rotatable bonds is 13. The van der Waals surface area contributed by atoms with Gasteiger partial charge in [-0.15, -0.1) is 0 Å². The molecule has 1 aliphatic rings. The second-order valence-corrected chi connectivity index (χ2v) is 8.75. The maximum Gasteiger partial charge on any atom is 0.223 e. The van der Waals surface area contributed by atoms with Crippen LogP contribution in [0.25, 0.3) is 0 Å². The summed E-state index contributed by atoms with van der Waals surface area (Å²) in [6.07, 6.45) is 5.18. The fraction of sp³-hybridized carbons (Fsp3) is 0.519. The molecule has 0 aliphatic carbocycles. The third-order valence-corrected chi connectivity index (χ3v) is 6.18. The molecule has 180 valence electrons. The van der Waals surface area contributed by atoms with Crippen LogP contribution < -0.4 is 14.8 Å². The maximum absolute atomic E-state index is 12.7. The average molecular weight is 455 g/mol. The Kier molecular flexibility index (Phi) is 10.0. The van der Waals surface area contributed by atoms with Crippen LogP contribution in [0.4, 0.5) is 0 Å². The number of hydrogen-bond acceptors (Lipinski definition) is 5. The normalized spacial score (nSPS) is 15.7. The molecule has 2 aromatic rings. The second-order valence-electron chi connectivity index (χ2n) is 8.75. The smallest absolute Gasteiger partial charge is 0.223 e. The number of carbonyl (C=O) groups excluding carboxylic acids is 1. The highest BCUT2D eigenvalue weighted by Gasteiger charge is 2.26. The molecule has 2 atom stereocenters. The lowest BCUT2D eigenvalue weighted by molar-refractivity contribution is -0.123. The van der Waals surface area contributed by atoms with E-state index in [1.165, 1.54) is 18.4 Å². The molecule has 0 unspecified atom stereocenters. The SMILES string of the molecule is CCCCc1ccc([C@@H](O)[C@H](CN2CCCC2)NC(=O)CCOc2ccc(OC)cc2)cc1. The van der Waals surface area contributed by atoms with Crippen molar-refractivity contribution in [2.24, 2.45) is 0 Å². The van der Waals surface area contributed by atoms with E-state index < -0.39 is 6.10 Å². The van der Waals surface area contributed by atoms with Crippen LogP contribution in [0.1, 0.15) is 56.3 Å². The minimum atomic E-state index is -0.753. The van der Waals surface area contributed by atoms with E-state index in [9.17, 15) is 9.90 Å². The molecule has 0 aromatic heterocycles. The summed E-state index contributed by atoms with van der Waals surface area (Å²) in [5.41, 5.74) is 2.12. The molecule has 1 heterocycles. The van der Waals surface area contributed by atoms with Gasteiger partial charge in [-0.3, -0.25) is 4.79 Å². The number of ether oxygens (including phenoxy) is 2. The van der Waals surface area contributed by atoms with E-state index in [1.54, 1.807) is 7.11 Å². The Labute approximate surface area is 197 Å². The first-order valence-electron chi connectivity index (χ1n) is 12.1. The zero-order valence-corrected chi connectivity index (χ0v) is 20.0. The largest absolute Gasteiger partial charge is 0.497 e. The molecule has 6 heteroatoms. The minimum absolute atomic E-state index is 0.119. The van der Waals surface area contributed by atoms with Crippen molar-refractivity contribution in [1.29, 1.82) is 0 Å². The number of nitrogens with zero attached hydrogens (tertiary/aromatic N) is 1. The molecule has 1 aliphatic heterocycles. The Morgan fingerprint density at radius 2 is 1.73 bits per heavy atom. The first-order chi connectivity index (χ1) is 16.1. The van der Waals surface area contributed by atoms with Gasteiger partial charge in [0.15, 0.2) is 0 Å². The van der Waals surface area contributed by atoms with E-state index >= 15 is 0 Å². The van der Waals surface area contributed by atoms with Gasteiger partial charge in [0.05, 0.1) is 26.2 Å². The lowest BCUT2D eigenvalue weighted by Crippen LogP contribution is -2.47. The lowest BCUT2D eigenvalue weighted by Gasteiger charge is -2.29. The molecule has 0 bridgehead atoms.